The normalized spacial score (nSPS) is 15.4. The maximum absolute atomic E-state index is 13.5. The molecule has 3 aromatic carbocycles. The van der Waals surface area contributed by atoms with Gasteiger partial charge in [-0.25, -0.2) is 4.79 Å². The molecule has 4 nitrogen and oxygen atoms in total. The van der Waals surface area contributed by atoms with Gasteiger partial charge in [0.1, 0.15) is 6.04 Å². The van der Waals surface area contributed by atoms with Crippen LogP contribution in [0.5, 0.6) is 0 Å². The maximum atomic E-state index is 13.5. The third-order valence-electron chi connectivity index (χ3n) is 6.00. The Morgan fingerprint density at radius 1 is 1.00 bits per heavy atom. The fourth-order valence-electron chi connectivity index (χ4n) is 4.45. The fraction of sp³-hybridized carbons (Fsp3) is 0.154. The molecule has 0 saturated carbocycles. The quantitative estimate of drug-likeness (QED) is 0.388. The number of benzene rings is 3. The molecule has 1 N–H and O–H groups in total. The smallest absolute Gasteiger partial charge is 0.416 e. The zero-order chi connectivity index (χ0) is 24.0. The summed E-state index contributed by atoms with van der Waals surface area (Å²) < 4.78 is 41.6. The summed E-state index contributed by atoms with van der Waals surface area (Å²) in [6.07, 6.45) is -4.22. The molecule has 1 aromatic heterocycles. The van der Waals surface area contributed by atoms with Crippen LogP contribution >= 0.6 is 11.8 Å². The van der Waals surface area contributed by atoms with Crippen molar-refractivity contribution in [2.75, 3.05) is 5.75 Å². The van der Waals surface area contributed by atoms with Gasteiger partial charge in [-0.3, -0.25) is 9.36 Å². The zero-order valence-electron chi connectivity index (χ0n) is 17.7. The average molecular weight is 481 g/mol. The molecule has 1 atom stereocenters. The van der Waals surface area contributed by atoms with Gasteiger partial charge in [0.15, 0.2) is 0 Å². The van der Waals surface area contributed by atoms with Crippen LogP contribution in [-0.2, 0) is 17.4 Å². The van der Waals surface area contributed by atoms with Gasteiger partial charge in [-0.2, -0.15) is 13.2 Å². The molecule has 0 saturated heterocycles. The highest BCUT2D eigenvalue weighted by atomic mass is 32.2. The summed E-state index contributed by atoms with van der Waals surface area (Å²) >= 11 is 1.18. The summed E-state index contributed by atoms with van der Waals surface area (Å²) in [5.41, 5.74) is 0.973. The Balaban J connectivity index is 1.75. The Morgan fingerprint density at radius 2 is 1.74 bits per heavy atom. The van der Waals surface area contributed by atoms with E-state index >= 15 is 0 Å². The van der Waals surface area contributed by atoms with E-state index in [1.807, 2.05) is 42.5 Å². The van der Waals surface area contributed by atoms with Gasteiger partial charge >= 0.3 is 12.1 Å². The number of alkyl halides is 3. The van der Waals surface area contributed by atoms with Gasteiger partial charge in [0.25, 0.3) is 5.56 Å². The Hall–Kier alpha value is -3.52. The third kappa shape index (κ3) is 3.88. The lowest BCUT2D eigenvalue weighted by Crippen LogP contribution is -2.29. The number of rotatable bonds is 4. The van der Waals surface area contributed by atoms with Gasteiger partial charge in [0.2, 0.25) is 0 Å². The summed E-state index contributed by atoms with van der Waals surface area (Å²) in [5, 5.41) is 12.0. The van der Waals surface area contributed by atoms with Crippen LogP contribution in [0.2, 0.25) is 0 Å². The highest BCUT2D eigenvalue weighted by Gasteiger charge is 2.35. The Morgan fingerprint density at radius 3 is 2.50 bits per heavy atom. The molecule has 34 heavy (non-hydrogen) atoms. The Kier molecular flexibility index (Phi) is 5.48. The van der Waals surface area contributed by atoms with E-state index in [9.17, 15) is 27.9 Å². The lowest BCUT2D eigenvalue weighted by atomic mass is 9.93. The molecule has 5 rings (SSSR count). The molecular formula is C26H18F3NO3S. The van der Waals surface area contributed by atoms with Crippen molar-refractivity contribution < 1.29 is 23.1 Å². The second kappa shape index (κ2) is 8.36. The number of hydrogen-bond acceptors (Lipinski definition) is 3. The summed E-state index contributed by atoms with van der Waals surface area (Å²) in [6.45, 7) is 0. The lowest BCUT2D eigenvalue weighted by Gasteiger charge is -2.18. The van der Waals surface area contributed by atoms with Crippen LogP contribution in [0.15, 0.2) is 82.6 Å². The molecule has 172 valence electrons. The number of pyridine rings is 1. The Bertz CT molecular complexity index is 1490. The minimum Gasteiger partial charge on any atom is -0.480 e. The van der Waals surface area contributed by atoms with E-state index in [0.29, 0.717) is 28.1 Å². The standard InChI is InChI=1S/C26H18F3NO3S/c27-26(28,29)19-9-4-8-17(12-19)23-18(11-16-7-3-6-15-5-1-2-10-20(15)16)13-22(31)30-21(25(32)33)14-34-24(23)30/h1-10,12-13,21H,11,14H2,(H,32,33)/t21-/m1/s1. The molecule has 0 bridgehead atoms. The van der Waals surface area contributed by atoms with E-state index < -0.39 is 29.3 Å². The maximum Gasteiger partial charge on any atom is 0.416 e. The third-order valence-corrected chi connectivity index (χ3v) is 7.16. The molecule has 0 amide bonds. The largest absolute Gasteiger partial charge is 0.480 e. The summed E-state index contributed by atoms with van der Waals surface area (Å²) in [7, 11) is 0. The molecule has 0 fully saturated rings. The van der Waals surface area contributed by atoms with Gasteiger partial charge in [-0.15, -0.1) is 11.8 Å². The number of thioether (sulfide) groups is 1. The van der Waals surface area contributed by atoms with Crippen LogP contribution in [0.1, 0.15) is 22.7 Å². The van der Waals surface area contributed by atoms with E-state index in [4.69, 9.17) is 0 Å². The predicted molar refractivity (Wildman–Crippen MR) is 125 cm³/mol. The van der Waals surface area contributed by atoms with E-state index in [1.165, 1.54) is 28.5 Å². The number of hydrogen-bond donors (Lipinski definition) is 1. The highest BCUT2D eigenvalue weighted by molar-refractivity contribution is 7.99. The SMILES string of the molecule is O=C(O)[C@H]1CSc2c(-c3cccc(C(F)(F)F)c3)c(Cc3cccc4ccccc34)cc(=O)n21. The van der Waals surface area contributed by atoms with Crippen molar-refractivity contribution in [1.29, 1.82) is 0 Å². The van der Waals surface area contributed by atoms with Gasteiger partial charge in [-0.1, -0.05) is 54.6 Å². The van der Waals surface area contributed by atoms with Crippen molar-refractivity contribution in [3.05, 3.63) is 99.8 Å². The molecule has 4 aromatic rings. The minimum absolute atomic E-state index is 0.133. The van der Waals surface area contributed by atoms with Crippen LogP contribution in [0.25, 0.3) is 21.9 Å². The minimum atomic E-state index is -4.53. The lowest BCUT2D eigenvalue weighted by molar-refractivity contribution is -0.140. The van der Waals surface area contributed by atoms with E-state index in [0.717, 1.165) is 28.5 Å². The molecule has 0 spiro atoms. The van der Waals surface area contributed by atoms with Crippen LogP contribution in [0, 0.1) is 0 Å². The van der Waals surface area contributed by atoms with Crippen LogP contribution in [0.4, 0.5) is 13.2 Å². The molecule has 1 aliphatic heterocycles. The monoisotopic (exact) mass is 481 g/mol. The summed E-state index contributed by atoms with van der Waals surface area (Å²) in [6, 6.07) is 18.8. The number of fused-ring (bicyclic) bond motifs is 2. The number of carboxylic acids is 1. The van der Waals surface area contributed by atoms with E-state index in [-0.39, 0.29) is 5.75 Å². The van der Waals surface area contributed by atoms with Crippen molar-refractivity contribution in [3.63, 3.8) is 0 Å². The number of aliphatic carboxylic acids is 1. The first-order valence-electron chi connectivity index (χ1n) is 10.5. The molecule has 8 heteroatoms. The Labute approximate surface area is 196 Å². The van der Waals surface area contributed by atoms with Crippen molar-refractivity contribution in [1.82, 2.24) is 4.57 Å². The molecule has 0 unspecified atom stereocenters. The van der Waals surface area contributed by atoms with Crippen molar-refractivity contribution in [2.24, 2.45) is 0 Å². The van der Waals surface area contributed by atoms with Gasteiger partial charge in [-0.05, 0) is 46.0 Å². The summed E-state index contributed by atoms with van der Waals surface area (Å²) in [5.74, 6) is -1.01. The van der Waals surface area contributed by atoms with Crippen molar-refractivity contribution in [3.8, 4) is 11.1 Å². The number of nitrogens with zero attached hydrogens (tertiary/aromatic N) is 1. The van der Waals surface area contributed by atoms with Crippen molar-refractivity contribution >= 4 is 28.5 Å². The van der Waals surface area contributed by atoms with Gasteiger partial charge < -0.3 is 5.11 Å². The molecular weight excluding hydrogens is 463 g/mol. The molecule has 2 heterocycles. The fourth-order valence-corrected chi connectivity index (χ4v) is 5.81. The zero-order valence-corrected chi connectivity index (χ0v) is 18.5. The average Bonchev–Trinajstić information content (AvgIpc) is 3.25. The first kappa shape index (κ1) is 22.3. The number of aromatic nitrogens is 1. The number of carboxylic acid groups (broad SMARTS) is 1. The molecule has 0 aliphatic carbocycles. The van der Waals surface area contributed by atoms with Gasteiger partial charge in [0, 0.05) is 17.4 Å². The van der Waals surface area contributed by atoms with E-state index in [1.54, 1.807) is 6.07 Å². The highest BCUT2D eigenvalue weighted by Crippen LogP contribution is 2.43. The van der Waals surface area contributed by atoms with Gasteiger partial charge in [0.05, 0.1) is 10.6 Å². The van der Waals surface area contributed by atoms with E-state index in [2.05, 4.69) is 0 Å². The van der Waals surface area contributed by atoms with Crippen LogP contribution in [-0.4, -0.2) is 21.4 Å². The molecule has 1 aliphatic rings. The number of halogens is 3. The molecule has 0 radical (unpaired) electrons. The topological polar surface area (TPSA) is 59.3 Å². The van der Waals surface area contributed by atoms with Crippen LogP contribution < -0.4 is 5.56 Å². The predicted octanol–water partition coefficient (Wildman–Crippen LogP) is 6.01. The summed E-state index contributed by atoms with van der Waals surface area (Å²) in [4.78, 5) is 24.8. The number of carbonyl (C=O) groups is 1. The second-order valence-corrected chi connectivity index (χ2v) is 9.13. The first-order chi connectivity index (χ1) is 16.2. The second-order valence-electron chi connectivity index (χ2n) is 8.12. The first-order valence-corrected chi connectivity index (χ1v) is 11.5. The van der Waals surface area contributed by atoms with Crippen LogP contribution in [0.3, 0.4) is 0 Å². The van der Waals surface area contributed by atoms with Crippen molar-refractivity contribution in [2.45, 2.75) is 23.7 Å².